The minimum absolute atomic E-state index is 0.0696. The van der Waals surface area contributed by atoms with Crippen LogP contribution in [0.15, 0.2) is 82.2 Å². The number of hydrogen-bond donors (Lipinski definition) is 0. The van der Waals surface area contributed by atoms with Gasteiger partial charge in [-0.3, -0.25) is 4.31 Å². The zero-order chi connectivity index (χ0) is 18.7. The molecule has 3 nitrogen and oxygen atoms in total. The molecule has 0 amide bonds. The van der Waals surface area contributed by atoms with Crippen LogP contribution in [0.5, 0.6) is 0 Å². The lowest BCUT2D eigenvalue weighted by molar-refractivity contribution is 0.589. The summed E-state index contributed by atoms with van der Waals surface area (Å²) >= 11 is 9.16. The first-order chi connectivity index (χ1) is 12.4. The van der Waals surface area contributed by atoms with Crippen molar-refractivity contribution >= 4 is 43.2 Å². The zero-order valence-electron chi connectivity index (χ0n) is 13.4. The molecule has 0 N–H and O–H groups in total. The second-order valence-corrected chi connectivity index (χ2v) is 8.74. The summed E-state index contributed by atoms with van der Waals surface area (Å²) in [5, 5.41) is -0.236. The molecular weight excluding hydrogens is 441 g/mol. The maximum absolute atomic E-state index is 13.5. The Morgan fingerprint density at radius 1 is 0.962 bits per heavy atom. The summed E-state index contributed by atoms with van der Waals surface area (Å²) in [6, 6.07) is 19.6. The van der Waals surface area contributed by atoms with Gasteiger partial charge in [0.25, 0.3) is 10.0 Å². The summed E-state index contributed by atoms with van der Waals surface area (Å²) in [6.45, 7) is 0.134. The molecule has 0 bridgehead atoms. The first-order valence-corrected chi connectivity index (χ1v) is 10.3. The first kappa shape index (κ1) is 18.9. The Morgan fingerprint density at radius 3 is 2.35 bits per heavy atom. The Hall–Kier alpha value is -1.89. The Kier molecular flexibility index (Phi) is 5.65. The van der Waals surface area contributed by atoms with Gasteiger partial charge < -0.3 is 0 Å². The van der Waals surface area contributed by atoms with Crippen LogP contribution in [0, 0.1) is 5.82 Å². The maximum Gasteiger partial charge on any atom is 0.264 e. The van der Waals surface area contributed by atoms with Crippen LogP contribution in [-0.4, -0.2) is 8.42 Å². The van der Waals surface area contributed by atoms with Crippen molar-refractivity contribution in [2.45, 2.75) is 11.4 Å². The fourth-order valence-electron chi connectivity index (χ4n) is 2.46. The van der Waals surface area contributed by atoms with Gasteiger partial charge in [0.05, 0.1) is 22.2 Å². The molecule has 0 saturated carbocycles. The number of halogens is 3. The molecule has 134 valence electrons. The quantitative estimate of drug-likeness (QED) is 0.500. The Morgan fingerprint density at radius 2 is 1.69 bits per heavy atom. The number of nitrogens with zero attached hydrogens (tertiary/aromatic N) is 1. The number of benzene rings is 3. The van der Waals surface area contributed by atoms with Crippen LogP contribution in [0.4, 0.5) is 10.1 Å². The smallest absolute Gasteiger partial charge is 0.262 e. The van der Waals surface area contributed by atoms with E-state index in [2.05, 4.69) is 15.9 Å². The van der Waals surface area contributed by atoms with Gasteiger partial charge in [0.15, 0.2) is 0 Å². The van der Waals surface area contributed by atoms with Crippen molar-refractivity contribution in [3.05, 3.63) is 93.7 Å². The molecule has 0 aromatic heterocycles. The average molecular weight is 455 g/mol. The van der Waals surface area contributed by atoms with E-state index in [0.29, 0.717) is 5.69 Å². The van der Waals surface area contributed by atoms with Gasteiger partial charge in [0, 0.05) is 4.47 Å². The van der Waals surface area contributed by atoms with Gasteiger partial charge in [-0.1, -0.05) is 63.9 Å². The second kappa shape index (κ2) is 7.78. The van der Waals surface area contributed by atoms with Gasteiger partial charge in [-0.25, -0.2) is 12.8 Å². The molecule has 0 radical (unpaired) electrons. The lowest BCUT2D eigenvalue weighted by Gasteiger charge is -2.25. The maximum atomic E-state index is 13.5. The summed E-state index contributed by atoms with van der Waals surface area (Å²) in [6.07, 6.45) is 0. The monoisotopic (exact) mass is 453 g/mol. The molecule has 3 rings (SSSR count). The highest BCUT2D eigenvalue weighted by Gasteiger charge is 2.26. The third-order valence-electron chi connectivity index (χ3n) is 3.74. The SMILES string of the molecule is O=S(=O)(c1ccc(F)c(Cl)c1)N(Cc1ccccc1)c1cccc(Br)c1. The van der Waals surface area contributed by atoms with Crippen LogP contribution in [-0.2, 0) is 16.6 Å². The molecule has 7 heteroatoms. The summed E-state index contributed by atoms with van der Waals surface area (Å²) in [5.74, 6) is -0.664. The van der Waals surface area contributed by atoms with Crippen LogP contribution in [0.2, 0.25) is 5.02 Å². The lowest BCUT2D eigenvalue weighted by Crippen LogP contribution is -2.30. The fraction of sp³-hybridized carbons (Fsp3) is 0.0526. The lowest BCUT2D eigenvalue weighted by atomic mass is 10.2. The minimum atomic E-state index is -3.95. The predicted molar refractivity (Wildman–Crippen MR) is 105 cm³/mol. The molecule has 26 heavy (non-hydrogen) atoms. The van der Waals surface area contributed by atoms with Gasteiger partial charge in [-0.05, 0) is 42.0 Å². The van der Waals surface area contributed by atoms with Crippen molar-refractivity contribution in [3.63, 3.8) is 0 Å². The van der Waals surface area contributed by atoms with Gasteiger partial charge in [-0.15, -0.1) is 0 Å². The number of anilines is 1. The molecule has 0 unspecified atom stereocenters. The van der Waals surface area contributed by atoms with Crippen LogP contribution in [0.1, 0.15) is 5.56 Å². The molecule has 0 aliphatic heterocycles. The first-order valence-electron chi connectivity index (χ1n) is 7.65. The highest BCUT2D eigenvalue weighted by molar-refractivity contribution is 9.10. The molecule has 0 saturated heterocycles. The van der Waals surface area contributed by atoms with Crippen molar-refractivity contribution < 1.29 is 12.8 Å². The number of sulfonamides is 1. The summed E-state index contributed by atoms with van der Waals surface area (Å²) in [4.78, 5) is -0.0696. The molecule has 3 aromatic rings. The normalized spacial score (nSPS) is 11.3. The zero-order valence-corrected chi connectivity index (χ0v) is 16.6. The van der Waals surface area contributed by atoms with Gasteiger partial charge in [-0.2, -0.15) is 0 Å². The molecule has 0 aliphatic rings. The van der Waals surface area contributed by atoms with Crippen LogP contribution in [0.25, 0.3) is 0 Å². The third-order valence-corrected chi connectivity index (χ3v) is 6.30. The minimum Gasteiger partial charge on any atom is -0.262 e. The van der Waals surface area contributed by atoms with E-state index in [-0.39, 0.29) is 16.5 Å². The van der Waals surface area contributed by atoms with Crippen molar-refractivity contribution in [2.24, 2.45) is 0 Å². The van der Waals surface area contributed by atoms with E-state index in [9.17, 15) is 12.8 Å². The van der Waals surface area contributed by atoms with E-state index in [1.54, 1.807) is 18.2 Å². The fourth-order valence-corrected chi connectivity index (χ4v) is 4.56. The van der Waals surface area contributed by atoms with Crippen molar-refractivity contribution in [2.75, 3.05) is 4.31 Å². The topological polar surface area (TPSA) is 37.4 Å². The van der Waals surface area contributed by atoms with Crippen molar-refractivity contribution in [1.29, 1.82) is 0 Å². The highest BCUT2D eigenvalue weighted by Crippen LogP contribution is 2.29. The molecule has 3 aromatic carbocycles. The van der Waals surface area contributed by atoms with E-state index in [1.165, 1.54) is 10.4 Å². The number of rotatable bonds is 5. The van der Waals surface area contributed by atoms with Gasteiger partial charge >= 0.3 is 0 Å². The molecule has 0 heterocycles. The molecular formula is C19H14BrClFNO2S. The molecule has 0 atom stereocenters. The van der Waals surface area contributed by atoms with Crippen molar-refractivity contribution in [3.8, 4) is 0 Å². The Bertz CT molecular complexity index is 1030. The predicted octanol–water partition coefficient (Wildman–Crippen LogP) is 5.64. The Labute approximate surface area is 165 Å². The second-order valence-electron chi connectivity index (χ2n) is 5.55. The van der Waals surface area contributed by atoms with E-state index in [4.69, 9.17) is 11.6 Å². The third kappa shape index (κ3) is 4.09. The van der Waals surface area contributed by atoms with Crippen LogP contribution >= 0.6 is 27.5 Å². The van der Waals surface area contributed by atoms with E-state index in [0.717, 1.165) is 22.2 Å². The Balaban J connectivity index is 2.11. The van der Waals surface area contributed by atoms with Gasteiger partial charge in [0.1, 0.15) is 5.82 Å². The largest absolute Gasteiger partial charge is 0.264 e. The molecule has 0 fully saturated rings. The average Bonchev–Trinajstić information content (AvgIpc) is 2.62. The van der Waals surface area contributed by atoms with Gasteiger partial charge in [0.2, 0.25) is 0 Å². The summed E-state index contributed by atoms with van der Waals surface area (Å²) in [7, 11) is -3.95. The summed E-state index contributed by atoms with van der Waals surface area (Å²) in [5.41, 5.74) is 1.31. The van der Waals surface area contributed by atoms with E-state index in [1.807, 2.05) is 36.4 Å². The van der Waals surface area contributed by atoms with Crippen LogP contribution in [0.3, 0.4) is 0 Å². The van der Waals surface area contributed by atoms with Crippen molar-refractivity contribution in [1.82, 2.24) is 0 Å². The van der Waals surface area contributed by atoms with E-state index >= 15 is 0 Å². The highest BCUT2D eigenvalue weighted by atomic mass is 79.9. The summed E-state index contributed by atoms with van der Waals surface area (Å²) < 4.78 is 42.0. The standard InChI is InChI=1S/C19H14BrClFNO2S/c20-15-7-4-8-16(11-15)23(13-14-5-2-1-3-6-14)26(24,25)17-9-10-19(22)18(21)12-17/h1-12H,13H2. The molecule has 0 spiro atoms. The van der Waals surface area contributed by atoms with Crippen LogP contribution < -0.4 is 4.31 Å². The molecule has 0 aliphatic carbocycles. The number of hydrogen-bond acceptors (Lipinski definition) is 2. The van der Waals surface area contributed by atoms with E-state index < -0.39 is 15.8 Å².